The highest BCUT2D eigenvalue weighted by Gasteiger charge is 2.03. The minimum Gasteiger partial charge on any atom is -0.311 e. The van der Waals surface area contributed by atoms with Crippen LogP contribution in [0.15, 0.2) is 29.4 Å². The van der Waals surface area contributed by atoms with Crippen LogP contribution in [0.2, 0.25) is 0 Å². The Balaban J connectivity index is 0.000000192. The number of nitrogens with one attached hydrogen (secondary N) is 2. The molecule has 0 atom stereocenters. The molecule has 0 aliphatic carbocycles. The highest BCUT2D eigenvalue weighted by Crippen LogP contribution is 2.12. The molecule has 0 bridgehead atoms. The van der Waals surface area contributed by atoms with E-state index in [1.807, 2.05) is 38.3 Å². The Kier molecular flexibility index (Phi) is 5.55. The van der Waals surface area contributed by atoms with Gasteiger partial charge in [-0.05, 0) is 25.3 Å². The molecular weight excluding hydrogens is 236 g/mol. The Hall–Kier alpha value is -1.84. The van der Waals surface area contributed by atoms with Gasteiger partial charge in [-0.15, -0.1) is 0 Å². The molecule has 19 heavy (non-hydrogen) atoms. The third-order valence-electron chi connectivity index (χ3n) is 2.35. The number of rotatable bonds is 2. The van der Waals surface area contributed by atoms with Gasteiger partial charge >= 0.3 is 0 Å². The summed E-state index contributed by atoms with van der Waals surface area (Å²) in [5.41, 5.74) is 5.25. The topological polar surface area (TPSA) is 53.1 Å². The van der Waals surface area contributed by atoms with Gasteiger partial charge in [0.1, 0.15) is 0 Å². The molecule has 1 aromatic carbocycles. The molecular formula is C15H24N4. The molecule has 0 spiro atoms. The number of para-hydroxylation sites is 1. The third-order valence-corrected chi connectivity index (χ3v) is 2.35. The van der Waals surface area contributed by atoms with Crippen LogP contribution in [0.3, 0.4) is 0 Å². The van der Waals surface area contributed by atoms with Crippen molar-refractivity contribution in [1.82, 2.24) is 15.6 Å². The van der Waals surface area contributed by atoms with Crippen LogP contribution in [0.4, 0.5) is 0 Å². The van der Waals surface area contributed by atoms with Gasteiger partial charge in [0.15, 0.2) is 0 Å². The van der Waals surface area contributed by atoms with Crippen molar-refractivity contribution in [2.45, 2.75) is 34.6 Å². The summed E-state index contributed by atoms with van der Waals surface area (Å²) in [5, 5.41) is 12.2. The van der Waals surface area contributed by atoms with Crippen LogP contribution in [0, 0.1) is 12.3 Å². The van der Waals surface area contributed by atoms with Crippen molar-refractivity contribution in [2.75, 3.05) is 6.54 Å². The smallest absolute Gasteiger partial charge is 0.0923 e. The van der Waals surface area contributed by atoms with E-state index in [0.29, 0.717) is 0 Å². The number of hydrogen-bond acceptors (Lipinski definition) is 3. The van der Waals surface area contributed by atoms with E-state index >= 15 is 0 Å². The number of H-pyrrole nitrogens is 1. The van der Waals surface area contributed by atoms with Crippen molar-refractivity contribution in [3.8, 4) is 0 Å². The van der Waals surface area contributed by atoms with Crippen LogP contribution in [-0.4, -0.2) is 23.0 Å². The fraction of sp³-hybridized carbons (Fsp3) is 0.467. The number of benzene rings is 1. The largest absolute Gasteiger partial charge is 0.311 e. The van der Waals surface area contributed by atoms with Crippen LogP contribution in [-0.2, 0) is 0 Å². The molecule has 0 aliphatic rings. The minimum absolute atomic E-state index is 0.197. The van der Waals surface area contributed by atoms with Gasteiger partial charge in [0, 0.05) is 23.8 Å². The summed E-state index contributed by atoms with van der Waals surface area (Å²) in [6, 6.07) is 8.07. The lowest BCUT2D eigenvalue weighted by molar-refractivity contribution is 0.597. The zero-order valence-electron chi connectivity index (χ0n) is 12.5. The summed E-state index contributed by atoms with van der Waals surface area (Å²) in [6.45, 7) is 11.3. The van der Waals surface area contributed by atoms with Gasteiger partial charge in [0.25, 0.3) is 0 Å². The molecule has 0 saturated carbocycles. The zero-order valence-corrected chi connectivity index (χ0v) is 12.5. The Labute approximate surface area is 115 Å². The molecule has 104 valence electrons. The normalized spacial score (nSPS) is 11.4. The van der Waals surface area contributed by atoms with Crippen molar-refractivity contribution >= 4 is 17.1 Å². The maximum absolute atomic E-state index is 4.09. The van der Waals surface area contributed by atoms with Gasteiger partial charge in [-0.25, -0.2) is 0 Å². The highest BCUT2D eigenvalue weighted by molar-refractivity contribution is 5.80. The number of hydrogen-bond donors (Lipinski definition) is 2. The fourth-order valence-corrected chi connectivity index (χ4v) is 1.42. The van der Waals surface area contributed by atoms with E-state index in [2.05, 4.69) is 47.6 Å². The van der Waals surface area contributed by atoms with Crippen LogP contribution >= 0.6 is 0 Å². The molecule has 4 heteroatoms. The fourth-order valence-electron chi connectivity index (χ4n) is 1.42. The maximum Gasteiger partial charge on any atom is 0.0923 e. The van der Waals surface area contributed by atoms with E-state index in [9.17, 15) is 0 Å². The maximum atomic E-state index is 4.09. The first kappa shape index (κ1) is 15.2. The van der Waals surface area contributed by atoms with Crippen LogP contribution in [0.25, 0.3) is 10.9 Å². The van der Waals surface area contributed by atoms with E-state index in [0.717, 1.165) is 17.8 Å². The second kappa shape index (κ2) is 6.92. The van der Waals surface area contributed by atoms with E-state index in [-0.39, 0.29) is 5.41 Å². The molecule has 0 saturated heterocycles. The summed E-state index contributed by atoms with van der Waals surface area (Å²) in [7, 11) is 0. The van der Waals surface area contributed by atoms with Crippen LogP contribution in [0.5, 0.6) is 0 Å². The molecule has 1 heterocycles. The Bertz CT molecular complexity index is 520. The lowest BCUT2D eigenvalue weighted by atomic mass is 9.99. The number of aromatic amines is 1. The summed E-state index contributed by atoms with van der Waals surface area (Å²) in [4.78, 5) is 0. The number of fused-ring (bicyclic) bond motifs is 1. The zero-order chi connectivity index (χ0) is 14.3. The molecule has 0 radical (unpaired) electrons. The Morgan fingerprint density at radius 2 is 2.00 bits per heavy atom. The molecule has 2 rings (SSSR count). The van der Waals surface area contributed by atoms with E-state index in [4.69, 9.17) is 0 Å². The molecule has 1 aromatic heterocycles. The molecule has 2 N–H and O–H groups in total. The summed E-state index contributed by atoms with van der Waals surface area (Å²) in [6.07, 6.45) is 1.91. The number of aromatic nitrogens is 2. The van der Waals surface area contributed by atoms with Crippen molar-refractivity contribution in [2.24, 2.45) is 10.5 Å². The minimum atomic E-state index is 0.197. The number of aryl methyl sites for hydroxylation is 1. The number of nitrogens with zero attached hydrogens (tertiary/aromatic N) is 2. The van der Waals surface area contributed by atoms with E-state index in [1.165, 1.54) is 5.39 Å². The van der Waals surface area contributed by atoms with Crippen molar-refractivity contribution < 1.29 is 0 Å². The van der Waals surface area contributed by atoms with Crippen LogP contribution in [0.1, 0.15) is 33.4 Å². The average Bonchev–Trinajstić information content (AvgIpc) is 2.72. The molecule has 0 amide bonds. The first-order valence-corrected chi connectivity index (χ1v) is 6.61. The summed E-state index contributed by atoms with van der Waals surface area (Å²) >= 11 is 0. The van der Waals surface area contributed by atoms with Gasteiger partial charge < -0.3 is 5.43 Å². The van der Waals surface area contributed by atoms with Gasteiger partial charge in [0.2, 0.25) is 0 Å². The predicted octanol–water partition coefficient (Wildman–Crippen LogP) is 3.50. The first-order chi connectivity index (χ1) is 8.94. The van der Waals surface area contributed by atoms with Crippen molar-refractivity contribution in [1.29, 1.82) is 0 Å². The van der Waals surface area contributed by atoms with Crippen LogP contribution < -0.4 is 5.43 Å². The lowest BCUT2D eigenvalue weighted by Gasteiger charge is -2.09. The van der Waals surface area contributed by atoms with Crippen molar-refractivity contribution in [3.05, 3.63) is 30.0 Å². The van der Waals surface area contributed by atoms with Gasteiger partial charge in [-0.2, -0.15) is 10.2 Å². The molecule has 2 aromatic rings. The Morgan fingerprint density at radius 3 is 2.58 bits per heavy atom. The third kappa shape index (κ3) is 5.55. The highest BCUT2D eigenvalue weighted by atomic mass is 15.3. The second-order valence-electron chi connectivity index (χ2n) is 5.50. The molecule has 0 unspecified atom stereocenters. The molecule has 0 fully saturated rings. The number of hydrazone groups is 1. The van der Waals surface area contributed by atoms with E-state index < -0.39 is 0 Å². The monoisotopic (exact) mass is 260 g/mol. The average molecular weight is 260 g/mol. The quantitative estimate of drug-likeness (QED) is 0.641. The molecule has 4 nitrogen and oxygen atoms in total. The van der Waals surface area contributed by atoms with Gasteiger partial charge in [-0.1, -0.05) is 39.0 Å². The van der Waals surface area contributed by atoms with E-state index in [1.54, 1.807) is 0 Å². The Morgan fingerprint density at radius 1 is 1.32 bits per heavy atom. The second-order valence-corrected chi connectivity index (χ2v) is 5.50. The van der Waals surface area contributed by atoms with Gasteiger partial charge in [0.05, 0.1) is 5.52 Å². The predicted molar refractivity (Wildman–Crippen MR) is 82.5 cm³/mol. The summed E-state index contributed by atoms with van der Waals surface area (Å²) < 4.78 is 0. The SMILES string of the molecule is CCN/N=C\C(C)(C)C.Cc1[nH]nc2ccccc12. The molecule has 0 aliphatic heterocycles. The lowest BCUT2D eigenvalue weighted by Crippen LogP contribution is -2.11. The van der Waals surface area contributed by atoms with Gasteiger partial charge in [-0.3, -0.25) is 5.10 Å². The summed E-state index contributed by atoms with van der Waals surface area (Å²) in [5.74, 6) is 0. The first-order valence-electron chi connectivity index (χ1n) is 6.61. The standard InChI is InChI=1S/C8H8N2.C7H16N2/c1-6-7-4-2-3-5-8(7)10-9-6;1-5-8-9-6-7(2,3)4/h2-5H,1H3,(H,9,10);6,8H,5H2,1-4H3/b;9-6-. The van der Waals surface area contributed by atoms with Crippen molar-refractivity contribution in [3.63, 3.8) is 0 Å².